The van der Waals surface area contributed by atoms with Crippen molar-refractivity contribution in [2.75, 3.05) is 10.6 Å². The second kappa shape index (κ2) is 4.37. The molecule has 1 saturated carbocycles. The highest BCUT2D eigenvalue weighted by Crippen LogP contribution is 2.40. The van der Waals surface area contributed by atoms with Crippen LogP contribution in [0.4, 0.5) is 11.4 Å². The molecule has 1 heterocycles. The van der Waals surface area contributed by atoms with Crippen molar-refractivity contribution in [2.45, 2.75) is 26.7 Å². The van der Waals surface area contributed by atoms with E-state index in [4.69, 9.17) is 0 Å². The Kier molecular flexibility index (Phi) is 2.81. The van der Waals surface area contributed by atoms with Crippen LogP contribution in [-0.2, 0) is 9.59 Å². The van der Waals surface area contributed by atoms with Crippen molar-refractivity contribution >= 4 is 23.2 Å². The third-order valence-electron chi connectivity index (χ3n) is 4.16. The van der Waals surface area contributed by atoms with E-state index < -0.39 is 0 Å². The topological polar surface area (TPSA) is 58.2 Å². The molecule has 0 radical (unpaired) electrons. The maximum Gasteiger partial charge on any atom is 0.228 e. The Morgan fingerprint density at radius 1 is 1.00 bits per heavy atom. The molecule has 3 rings (SSSR count). The van der Waals surface area contributed by atoms with Gasteiger partial charge in [0.05, 0.1) is 23.2 Å². The monoisotopic (exact) mass is 258 g/mol. The summed E-state index contributed by atoms with van der Waals surface area (Å²) in [6.45, 7) is 4.07. The number of fused-ring (bicyclic) bond motifs is 2. The van der Waals surface area contributed by atoms with Crippen molar-refractivity contribution in [3.63, 3.8) is 0 Å². The maximum absolute atomic E-state index is 12.3. The molecule has 1 aliphatic heterocycles. The summed E-state index contributed by atoms with van der Waals surface area (Å²) in [6.07, 6.45) is 1.59. The van der Waals surface area contributed by atoms with Gasteiger partial charge in [0, 0.05) is 0 Å². The first-order valence-corrected chi connectivity index (χ1v) is 6.77. The van der Waals surface area contributed by atoms with Crippen molar-refractivity contribution in [1.29, 1.82) is 0 Å². The fourth-order valence-electron chi connectivity index (χ4n) is 3.19. The molecular weight excluding hydrogens is 240 g/mol. The Hall–Kier alpha value is -1.84. The van der Waals surface area contributed by atoms with Gasteiger partial charge in [0.15, 0.2) is 0 Å². The lowest BCUT2D eigenvalue weighted by Crippen LogP contribution is -2.35. The summed E-state index contributed by atoms with van der Waals surface area (Å²) in [6, 6.07) is 5.68. The summed E-state index contributed by atoms with van der Waals surface area (Å²) in [7, 11) is 0. The minimum Gasteiger partial charge on any atom is -0.324 e. The summed E-state index contributed by atoms with van der Waals surface area (Å²) in [5, 5.41) is 5.91. The quantitative estimate of drug-likeness (QED) is 0.751. The van der Waals surface area contributed by atoms with Crippen LogP contribution in [0, 0.1) is 24.7 Å². The third-order valence-corrected chi connectivity index (χ3v) is 4.16. The zero-order valence-corrected chi connectivity index (χ0v) is 11.2. The van der Waals surface area contributed by atoms with Gasteiger partial charge < -0.3 is 10.6 Å². The second-order valence-electron chi connectivity index (χ2n) is 5.82. The predicted octanol–water partition coefficient (Wildman–Crippen LogP) is 2.55. The van der Waals surface area contributed by atoms with Gasteiger partial charge in [-0.15, -0.1) is 0 Å². The first kappa shape index (κ1) is 12.2. The van der Waals surface area contributed by atoms with Gasteiger partial charge in [-0.05, 0) is 43.4 Å². The lowest BCUT2D eigenvalue weighted by atomic mass is 9.93. The van der Waals surface area contributed by atoms with Crippen molar-refractivity contribution in [2.24, 2.45) is 17.8 Å². The minimum absolute atomic E-state index is 0.0175. The highest BCUT2D eigenvalue weighted by molar-refractivity contribution is 6.06. The molecule has 4 heteroatoms. The summed E-state index contributed by atoms with van der Waals surface area (Å²) in [4.78, 5) is 24.6. The zero-order chi connectivity index (χ0) is 13.6. The third kappa shape index (κ3) is 2.11. The van der Waals surface area contributed by atoms with Crippen LogP contribution < -0.4 is 10.6 Å². The Balaban J connectivity index is 2.00. The van der Waals surface area contributed by atoms with Crippen LogP contribution in [0.3, 0.4) is 0 Å². The highest BCUT2D eigenvalue weighted by atomic mass is 16.2. The van der Waals surface area contributed by atoms with Crippen molar-refractivity contribution in [1.82, 2.24) is 0 Å². The van der Waals surface area contributed by atoms with Crippen molar-refractivity contribution < 1.29 is 9.59 Å². The number of anilines is 2. The predicted molar refractivity (Wildman–Crippen MR) is 73.8 cm³/mol. The average molecular weight is 258 g/mol. The minimum atomic E-state index is -0.191. The van der Waals surface area contributed by atoms with Gasteiger partial charge in [0.25, 0.3) is 0 Å². The molecule has 3 unspecified atom stereocenters. The molecule has 2 amide bonds. The Morgan fingerprint density at radius 2 is 1.58 bits per heavy atom. The average Bonchev–Trinajstić information content (AvgIpc) is 2.73. The van der Waals surface area contributed by atoms with Gasteiger partial charge in [-0.1, -0.05) is 13.0 Å². The molecular formula is C15H18N2O2. The number of hydrogen-bond acceptors (Lipinski definition) is 2. The number of carbonyl (C=O) groups is 2. The molecule has 19 heavy (non-hydrogen) atoms. The number of carbonyl (C=O) groups excluding carboxylic acids is 2. The molecule has 2 N–H and O–H groups in total. The van der Waals surface area contributed by atoms with Crippen LogP contribution in [0.5, 0.6) is 0 Å². The van der Waals surface area contributed by atoms with Gasteiger partial charge in [0.1, 0.15) is 0 Å². The van der Waals surface area contributed by atoms with Crippen LogP contribution in [0.15, 0.2) is 18.2 Å². The fraction of sp³-hybridized carbons (Fsp3) is 0.467. The lowest BCUT2D eigenvalue weighted by molar-refractivity contribution is -0.128. The molecule has 0 aromatic heterocycles. The Morgan fingerprint density at radius 3 is 2.21 bits per heavy atom. The molecule has 0 bridgehead atoms. The Labute approximate surface area is 112 Å². The molecule has 100 valence electrons. The van der Waals surface area contributed by atoms with Gasteiger partial charge >= 0.3 is 0 Å². The van der Waals surface area contributed by atoms with E-state index in [1.807, 2.05) is 25.1 Å². The van der Waals surface area contributed by atoms with Crippen LogP contribution in [0.1, 0.15) is 25.3 Å². The van der Waals surface area contributed by atoms with Crippen LogP contribution in [0.2, 0.25) is 0 Å². The normalized spacial score (nSPS) is 29.7. The fourth-order valence-corrected chi connectivity index (χ4v) is 3.19. The number of hydrogen-bond donors (Lipinski definition) is 2. The number of benzene rings is 1. The zero-order valence-electron chi connectivity index (χ0n) is 11.2. The summed E-state index contributed by atoms with van der Waals surface area (Å²) in [5.41, 5.74) is 2.46. The van der Waals surface area contributed by atoms with E-state index in [9.17, 15) is 9.59 Å². The first-order chi connectivity index (χ1) is 9.04. The van der Waals surface area contributed by atoms with Gasteiger partial charge in [-0.25, -0.2) is 0 Å². The Bertz CT molecular complexity index is 553. The van der Waals surface area contributed by atoms with Crippen molar-refractivity contribution in [3.05, 3.63) is 23.8 Å². The summed E-state index contributed by atoms with van der Waals surface area (Å²) in [5.74, 6) is 0.00733. The number of aryl methyl sites for hydroxylation is 1. The largest absolute Gasteiger partial charge is 0.324 e. The van der Waals surface area contributed by atoms with Crippen LogP contribution in [0.25, 0.3) is 0 Å². The molecule has 1 aromatic carbocycles. The first-order valence-electron chi connectivity index (χ1n) is 6.77. The van der Waals surface area contributed by atoms with Gasteiger partial charge in [-0.3, -0.25) is 9.59 Å². The molecule has 4 nitrogen and oxygen atoms in total. The summed E-state index contributed by atoms with van der Waals surface area (Å²) >= 11 is 0. The standard InChI is InChI=1S/C15H18N2O2/c1-8-3-4-12-13(7-8)17-15(19)11-6-9(2)5-10(11)14(18)16-12/h3-4,7,9-11H,5-6H2,1-2H3,(H,16,18)(H,17,19). The molecule has 1 aliphatic carbocycles. The number of amides is 2. The number of nitrogens with one attached hydrogen (secondary N) is 2. The molecule has 0 spiro atoms. The smallest absolute Gasteiger partial charge is 0.228 e. The van der Waals surface area contributed by atoms with E-state index >= 15 is 0 Å². The molecule has 0 saturated heterocycles. The van der Waals surface area contributed by atoms with E-state index in [1.54, 1.807) is 0 Å². The van der Waals surface area contributed by atoms with Crippen molar-refractivity contribution in [3.8, 4) is 0 Å². The van der Waals surface area contributed by atoms with E-state index in [0.717, 1.165) is 18.4 Å². The number of rotatable bonds is 0. The van der Waals surface area contributed by atoms with E-state index in [2.05, 4.69) is 17.6 Å². The van der Waals surface area contributed by atoms with Crippen LogP contribution in [-0.4, -0.2) is 11.8 Å². The van der Waals surface area contributed by atoms with Gasteiger partial charge in [0.2, 0.25) is 11.8 Å². The van der Waals surface area contributed by atoms with E-state index in [-0.39, 0.29) is 23.7 Å². The van der Waals surface area contributed by atoms with Gasteiger partial charge in [-0.2, -0.15) is 0 Å². The highest BCUT2D eigenvalue weighted by Gasteiger charge is 2.42. The second-order valence-corrected chi connectivity index (χ2v) is 5.82. The molecule has 3 atom stereocenters. The summed E-state index contributed by atoms with van der Waals surface area (Å²) < 4.78 is 0. The molecule has 2 aliphatic rings. The van der Waals surface area contributed by atoms with E-state index in [0.29, 0.717) is 17.3 Å². The van der Waals surface area contributed by atoms with E-state index in [1.165, 1.54) is 0 Å². The molecule has 1 aromatic rings. The molecule has 1 fully saturated rings. The SMILES string of the molecule is Cc1ccc2c(c1)NC(=O)C1CC(C)CC1C(=O)N2. The lowest BCUT2D eigenvalue weighted by Gasteiger charge is -2.24. The van der Waals surface area contributed by atoms with Crippen LogP contribution >= 0.6 is 0 Å². The maximum atomic E-state index is 12.3.